The number of hydrogen-bond donors (Lipinski definition) is 0. The van der Waals surface area contributed by atoms with Crippen molar-refractivity contribution in [1.29, 1.82) is 0 Å². The van der Waals surface area contributed by atoms with Crippen LogP contribution in [-0.4, -0.2) is 28.3 Å². The van der Waals surface area contributed by atoms with Gasteiger partial charge in [0.05, 0.1) is 0 Å². The summed E-state index contributed by atoms with van der Waals surface area (Å²) in [6.07, 6.45) is 0. The summed E-state index contributed by atoms with van der Waals surface area (Å²) >= 11 is 0. The van der Waals surface area contributed by atoms with Crippen LogP contribution in [0.15, 0.2) is 0 Å². The van der Waals surface area contributed by atoms with E-state index in [1.54, 1.807) is 0 Å². The summed E-state index contributed by atoms with van der Waals surface area (Å²) in [6.45, 7) is 0. The molecule has 0 unspecified atom stereocenters. The number of hydrogen-bond acceptors (Lipinski definition) is 0. The van der Waals surface area contributed by atoms with E-state index in [1.807, 2.05) is 0 Å². The van der Waals surface area contributed by atoms with Gasteiger partial charge in [-0.2, -0.15) is 0 Å². The van der Waals surface area contributed by atoms with Crippen LogP contribution in [0.25, 0.3) is 0 Å². The molecule has 0 aromatic carbocycles. The Balaban J connectivity index is 0. The van der Waals surface area contributed by atoms with Crippen LogP contribution in [0.4, 0.5) is 0 Å². The normalized spacial score (nSPS) is 0. The standard InChI is InChI=1S/Al.2O.Si/q+3;2*-2;+4. The quantitative estimate of drug-likeness (QED) is 0.340. The second-order valence-electron chi connectivity index (χ2n) is 0. The molecule has 0 heterocycles. The largest absolute Gasteiger partial charge is 4.00 e. The van der Waals surface area contributed by atoms with Crippen LogP contribution < -0.4 is 0 Å². The molecule has 0 spiro atoms. The van der Waals surface area contributed by atoms with E-state index in [2.05, 4.69) is 0 Å². The molecule has 2 nitrogen and oxygen atoms in total. The Morgan fingerprint density at radius 2 is 0.750 bits per heavy atom. The van der Waals surface area contributed by atoms with Crippen LogP contribution in [-0.2, 0) is 11.0 Å². The van der Waals surface area contributed by atoms with Gasteiger partial charge >= 0.3 is 28.3 Å². The fourth-order valence-corrected chi connectivity index (χ4v) is 0. The zero-order valence-corrected chi connectivity index (χ0v) is 4.05. The van der Waals surface area contributed by atoms with E-state index in [1.165, 1.54) is 0 Å². The molecule has 0 N–H and O–H groups in total. The summed E-state index contributed by atoms with van der Waals surface area (Å²) in [7, 11) is 0. The number of rotatable bonds is 0. The second-order valence-corrected chi connectivity index (χ2v) is 0. The SMILES string of the molecule is [Al+3].[O-2].[O-2].[Si+4]. The third kappa shape index (κ3) is 16.6. The Labute approximate surface area is 40.0 Å². The van der Waals surface area contributed by atoms with Crippen molar-refractivity contribution in [2.75, 3.05) is 0 Å². The molecular formula is AlO2Si+3. The van der Waals surface area contributed by atoms with E-state index < -0.39 is 0 Å². The molecule has 0 aliphatic heterocycles. The van der Waals surface area contributed by atoms with Crippen molar-refractivity contribution in [3.8, 4) is 0 Å². The first-order valence-corrected chi connectivity index (χ1v) is 0. The molecule has 0 radical (unpaired) electrons. The third-order valence-electron chi connectivity index (χ3n) is 0. The fourth-order valence-electron chi connectivity index (χ4n) is 0. The first-order valence-electron chi connectivity index (χ1n) is 0. The van der Waals surface area contributed by atoms with Crippen molar-refractivity contribution in [1.82, 2.24) is 0 Å². The average molecular weight is 87.1 g/mol. The molecule has 0 aliphatic rings. The molecule has 0 rings (SSSR count). The van der Waals surface area contributed by atoms with Gasteiger partial charge < -0.3 is 11.0 Å². The third-order valence-corrected chi connectivity index (χ3v) is 0. The Morgan fingerprint density at radius 1 is 0.750 bits per heavy atom. The Kier molecular flexibility index (Phi) is 2050. The van der Waals surface area contributed by atoms with Crippen molar-refractivity contribution < 1.29 is 11.0 Å². The Morgan fingerprint density at radius 3 is 0.750 bits per heavy atom. The van der Waals surface area contributed by atoms with Crippen LogP contribution in [0.1, 0.15) is 0 Å². The van der Waals surface area contributed by atoms with Gasteiger partial charge in [-0.25, -0.2) is 0 Å². The molecule has 0 fully saturated rings. The van der Waals surface area contributed by atoms with Gasteiger partial charge in [-0.1, -0.05) is 0 Å². The van der Waals surface area contributed by atoms with Crippen molar-refractivity contribution in [2.24, 2.45) is 0 Å². The van der Waals surface area contributed by atoms with Gasteiger partial charge in [0.15, 0.2) is 0 Å². The Bertz CT molecular complexity index is 6.00. The van der Waals surface area contributed by atoms with Gasteiger partial charge in [0.2, 0.25) is 0 Å². The van der Waals surface area contributed by atoms with E-state index in [0.717, 1.165) is 0 Å². The van der Waals surface area contributed by atoms with Gasteiger partial charge in [0.1, 0.15) is 0 Å². The van der Waals surface area contributed by atoms with Crippen LogP contribution in [0, 0.1) is 0 Å². The maximum Gasteiger partial charge on any atom is 4.00 e. The molecule has 0 bridgehead atoms. The smallest absolute Gasteiger partial charge is 2.00 e. The van der Waals surface area contributed by atoms with Gasteiger partial charge in [0, 0.05) is 0 Å². The molecule has 0 atom stereocenters. The van der Waals surface area contributed by atoms with Crippen LogP contribution in [0.2, 0.25) is 0 Å². The zero-order chi connectivity index (χ0) is 0. The summed E-state index contributed by atoms with van der Waals surface area (Å²) < 4.78 is 0. The molecule has 4 heteroatoms. The molecule has 16 valence electrons. The Hall–Kier alpha value is 0.669. The molecule has 0 saturated carbocycles. The minimum absolute atomic E-state index is 0. The van der Waals surface area contributed by atoms with Gasteiger partial charge in [-0.05, 0) is 0 Å². The predicted molar refractivity (Wildman–Crippen MR) is 12.9 cm³/mol. The van der Waals surface area contributed by atoms with Crippen molar-refractivity contribution >= 4 is 28.3 Å². The van der Waals surface area contributed by atoms with Crippen LogP contribution in [0.3, 0.4) is 0 Å². The van der Waals surface area contributed by atoms with Gasteiger partial charge in [-0.3, -0.25) is 0 Å². The monoisotopic (exact) mass is 86.9 g/mol. The van der Waals surface area contributed by atoms with Crippen LogP contribution in [0.5, 0.6) is 0 Å². The average Bonchev–Trinajstić information content (AvgIpc) is 0. The fraction of sp³-hybridized carbons (Fsp3) is 0. The molecule has 0 aromatic heterocycles. The zero-order valence-electron chi connectivity index (χ0n) is 1.89. The van der Waals surface area contributed by atoms with E-state index in [-0.39, 0.29) is 39.3 Å². The van der Waals surface area contributed by atoms with E-state index in [0.29, 0.717) is 0 Å². The second kappa shape index (κ2) is 58.4. The van der Waals surface area contributed by atoms with E-state index in [9.17, 15) is 0 Å². The first kappa shape index (κ1) is 140. The summed E-state index contributed by atoms with van der Waals surface area (Å²) in [4.78, 5) is 0. The summed E-state index contributed by atoms with van der Waals surface area (Å²) in [5.74, 6) is 0. The van der Waals surface area contributed by atoms with Gasteiger partial charge in [-0.15, -0.1) is 0 Å². The maximum absolute atomic E-state index is 0. The topological polar surface area (TPSA) is 57.0 Å². The molecule has 0 aromatic rings. The van der Waals surface area contributed by atoms with E-state index >= 15 is 0 Å². The van der Waals surface area contributed by atoms with Crippen LogP contribution >= 0.6 is 0 Å². The van der Waals surface area contributed by atoms with Crippen molar-refractivity contribution in [2.45, 2.75) is 0 Å². The molecular weight excluding hydrogens is 87.1 g/mol. The molecule has 0 aliphatic carbocycles. The first-order chi connectivity index (χ1) is 0. The van der Waals surface area contributed by atoms with E-state index in [4.69, 9.17) is 0 Å². The minimum Gasteiger partial charge on any atom is -2.00 e. The van der Waals surface area contributed by atoms with Crippen molar-refractivity contribution in [3.05, 3.63) is 0 Å². The molecule has 0 amide bonds. The van der Waals surface area contributed by atoms with Crippen molar-refractivity contribution in [3.63, 3.8) is 0 Å². The maximum atomic E-state index is 0. The minimum atomic E-state index is 0. The summed E-state index contributed by atoms with van der Waals surface area (Å²) in [6, 6.07) is 0. The van der Waals surface area contributed by atoms with Gasteiger partial charge in [0.25, 0.3) is 0 Å². The predicted octanol–water partition coefficient (Wildman–Crippen LogP) is -0.999. The molecule has 4 heavy (non-hydrogen) atoms. The summed E-state index contributed by atoms with van der Waals surface area (Å²) in [5.41, 5.74) is 0. The molecule has 0 saturated heterocycles. The summed E-state index contributed by atoms with van der Waals surface area (Å²) in [5, 5.41) is 0.